The second-order valence-electron chi connectivity index (χ2n) is 4.45. The molecule has 0 saturated heterocycles. The first-order chi connectivity index (χ1) is 9.43. The van der Waals surface area contributed by atoms with Crippen LogP contribution in [0.4, 0.5) is 4.79 Å². The third-order valence-corrected chi connectivity index (χ3v) is 4.72. The normalized spacial score (nSPS) is 11.3. The molecule has 0 fully saturated rings. The van der Waals surface area contributed by atoms with E-state index in [9.17, 15) is 13.2 Å². The van der Waals surface area contributed by atoms with Gasteiger partial charge in [0, 0.05) is 6.54 Å². The highest BCUT2D eigenvalue weighted by Crippen LogP contribution is 2.17. The summed E-state index contributed by atoms with van der Waals surface area (Å²) in [5, 5.41) is 0. The maximum absolute atomic E-state index is 12.3. The summed E-state index contributed by atoms with van der Waals surface area (Å²) in [5.41, 5.74) is 11.6. The van der Waals surface area contributed by atoms with Gasteiger partial charge in [-0.25, -0.2) is 17.5 Å². The highest BCUT2D eigenvalue weighted by molar-refractivity contribution is 7.89. The quantitative estimate of drug-likeness (QED) is 0.785. The Morgan fingerprint density at radius 3 is 2.30 bits per heavy atom. The summed E-state index contributed by atoms with van der Waals surface area (Å²) in [7, 11) is -3.88. The monoisotopic (exact) mass is 299 g/mol. The summed E-state index contributed by atoms with van der Waals surface area (Å²) in [6.07, 6.45) is 2.03. The number of benzene rings is 1. The zero-order valence-electron chi connectivity index (χ0n) is 11.6. The Balaban J connectivity index is 3.03. The molecule has 0 bridgehead atoms. The molecule has 0 unspecified atom stereocenters. The van der Waals surface area contributed by atoms with Crippen LogP contribution >= 0.6 is 0 Å². The Morgan fingerprint density at radius 2 is 1.85 bits per heavy atom. The molecule has 20 heavy (non-hydrogen) atoms. The van der Waals surface area contributed by atoms with Gasteiger partial charge in [-0.1, -0.05) is 25.5 Å². The number of nitrogens with two attached hydrogens (primary N) is 2. The third-order valence-electron chi connectivity index (χ3n) is 2.90. The van der Waals surface area contributed by atoms with E-state index >= 15 is 0 Å². The lowest BCUT2D eigenvalue weighted by Gasteiger charge is -2.20. The maximum atomic E-state index is 12.3. The van der Waals surface area contributed by atoms with E-state index in [0.29, 0.717) is 23.7 Å². The SMILES string of the molecule is CCCCN(C(N)=O)S(=O)(=O)c1ccc(CCN)cc1. The van der Waals surface area contributed by atoms with Crippen molar-refractivity contribution in [2.45, 2.75) is 31.1 Å². The number of unbranched alkanes of at least 4 members (excludes halogenated alkanes) is 1. The van der Waals surface area contributed by atoms with E-state index in [4.69, 9.17) is 11.5 Å². The first kappa shape index (κ1) is 16.5. The van der Waals surface area contributed by atoms with E-state index in [1.54, 1.807) is 12.1 Å². The summed E-state index contributed by atoms with van der Waals surface area (Å²) in [4.78, 5) is 11.4. The molecule has 112 valence electrons. The highest BCUT2D eigenvalue weighted by atomic mass is 32.2. The van der Waals surface area contributed by atoms with Crippen LogP contribution in [0.2, 0.25) is 0 Å². The van der Waals surface area contributed by atoms with Crippen molar-refractivity contribution in [2.24, 2.45) is 11.5 Å². The smallest absolute Gasteiger partial charge is 0.328 e. The highest BCUT2D eigenvalue weighted by Gasteiger charge is 2.26. The van der Waals surface area contributed by atoms with Crippen molar-refractivity contribution in [1.82, 2.24) is 4.31 Å². The molecule has 0 atom stereocenters. The Morgan fingerprint density at radius 1 is 1.25 bits per heavy atom. The molecule has 1 aromatic carbocycles. The predicted molar refractivity (Wildman–Crippen MR) is 77.6 cm³/mol. The second-order valence-corrected chi connectivity index (χ2v) is 6.31. The van der Waals surface area contributed by atoms with Gasteiger partial charge in [0.05, 0.1) is 4.90 Å². The second kappa shape index (κ2) is 7.25. The van der Waals surface area contributed by atoms with Crippen LogP contribution in [0.3, 0.4) is 0 Å². The molecular weight excluding hydrogens is 278 g/mol. The number of rotatable bonds is 7. The van der Waals surface area contributed by atoms with E-state index in [1.165, 1.54) is 12.1 Å². The molecule has 1 rings (SSSR count). The Kier molecular flexibility index (Phi) is 5.97. The van der Waals surface area contributed by atoms with Crippen LogP contribution in [0.5, 0.6) is 0 Å². The Hall–Kier alpha value is -1.60. The molecule has 6 nitrogen and oxygen atoms in total. The molecule has 0 spiro atoms. The van der Waals surface area contributed by atoms with E-state index in [-0.39, 0.29) is 11.4 Å². The van der Waals surface area contributed by atoms with Gasteiger partial charge in [0.1, 0.15) is 0 Å². The minimum Gasteiger partial charge on any atom is -0.351 e. The number of amides is 2. The van der Waals surface area contributed by atoms with Gasteiger partial charge in [0.15, 0.2) is 0 Å². The fourth-order valence-corrected chi connectivity index (χ4v) is 3.11. The van der Waals surface area contributed by atoms with Crippen molar-refractivity contribution in [3.05, 3.63) is 29.8 Å². The van der Waals surface area contributed by atoms with Crippen LogP contribution in [0, 0.1) is 0 Å². The summed E-state index contributed by atoms with van der Waals surface area (Å²) < 4.78 is 25.4. The zero-order valence-corrected chi connectivity index (χ0v) is 12.4. The maximum Gasteiger partial charge on any atom is 0.328 e. The molecule has 7 heteroatoms. The molecule has 0 saturated carbocycles. The van der Waals surface area contributed by atoms with Crippen LogP contribution in [-0.2, 0) is 16.4 Å². The number of hydrogen-bond acceptors (Lipinski definition) is 4. The molecule has 4 N–H and O–H groups in total. The average molecular weight is 299 g/mol. The first-order valence-corrected chi connectivity index (χ1v) is 7.98. The molecule has 0 aliphatic carbocycles. The fraction of sp³-hybridized carbons (Fsp3) is 0.462. The molecule has 0 aromatic heterocycles. The van der Waals surface area contributed by atoms with Gasteiger partial charge in [-0.05, 0) is 37.1 Å². The Bertz CT molecular complexity index is 540. The van der Waals surface area contributed by atoms with Gasteiger partial charge in [0.2, 0.25) is 0 Å². The third kappa shape index (κ3) is 3.94. The van der Waals surface area contributed by atoms with Crippen LogP contribution in [0.1, 0.15) is 25.3 Å². The lowest BCUT2D eigenvalue weighted by molar-refractivity contribution is 0.231. The molecular formula is C13H21N3O3S. The summed E-state index contributed by atoms with van der Waals surface area (Å²) in [6.45, 7) is 2.50. The lowest BCUT2D eigenvalue weighted by atomic mass is 10.2. The predicted octanol–water partition coefficient (Wildman–Crippen LogP) is 1.06. The molecule has 0 aliphatic rings. The number of nitrogens with zero attached hydrogens (tertiary/aromatic N) is 1. The van der Waals surface area contributed by atoms with E-state index in [2.05, 4.69) is 0 Å². The standard InChI is InChI=1S/C13H21N3O3S/c1-2-3-10-16(13(15)17)20(18,19)12-6-4-11(5-7-12)8-9-14/h4-7H,2-3,8-10,14H2,1H3,(H2,15,17). The van der Waals surface area contributed by atoms with Crippen molar-refractivity contribution in [3.63, 3.8) is 0 Å². The van der Waals surface area contributed by atoms with Gasteiger partial charge < -0.3 is 11.5 Å². The van der Waals surface area contributed by atoms with Crippen molar-refractivity contribution >= 4 is 16.1 Å². The number of hydrogen-bond donors (Lipinski definition) is 2. The molecule has 1 aromatic rings. The minimum atomic E-state index is -3.88. The van der Waals surface area contributed by atoms with Crippen molar-refractivity contribution in [2.75, 3.05) is 13.1 Å². The van der Waals surface area contributed by atoms with Crippen molar-refractivity contribution in [1.29, 1.82) is 0 Å². The topological polar surface area (TPSA) is 106 Å². The summed E-state index contributed by atoms with van der Waals surface area (Å²) >= 11 is 0. The van der Waals surface area contributed by atoms with E-state index in [1.807, 2.05) is 6.92 Å². The lowest BCUT2D eigenvalue weighted by Crippen LogP contribution is -2.41. The number of carbonyl (C=O) groups is 1. The number of primary amides is 1. The fourth-order valence-electron chi connectivity index (χ4n) is 1.77. The molecule has 2 amide bonds. The van der Waals surface area contributed by atoms with E-state index in [0.717, 1.165) is 12.0 Å². The van der Waals surface area contributed by atoms with Crippen LogP contribution in [-0.4, -0.2) is 31.8 Å². The average Bonchev–Trinajstić information content (AvgIpc) is 2.39. The summed E-state index contributed by atoms with van der Waals surface area (Å²) in [5.74, 6) is 0. The van der Waals surface area contributed by atoms with Gasteiger partial charge in [-0.2, -0.15) is 0 Å². The van der Waals surface area contributed by atoms with Crippen LogP contribution in [0.15, 0.2) is 29.2 Å². The largest absolute Gasteiger partial charge is 0.351 e. The van der Waals surface area contributed by atoms with Crippen LogP contribution < -0.4 is 11.5 Å². The Labute approximate surface area is 119 Å². The molecule has 0 radical (unpaired) electrons. The van der Waals surface area contributed by atoms with Gasteiger partial charge >= 0.3 is 6.03 Å². The van der Waals surface area contributed by atoms with Crippen molar-refractivity contribution < 1.29 is 13.2 Å². The van der Waals surface area contributed by atoms with E-state index < -0.39 is 16.1 Å². The first-order valence-electron chi connectivity index (χ1n) is 6.54. The van der Waals surface area contributed by atoms with Gasteiger partial charge in [0.25, 0.3) is 10.0 Å². The van der Waals surface area contributed by atoms with Crippen LogP contribution in [0.25, 0.3) is 0 Å². The zero-order chi connectivity index (χ0) is 15.2. The number of carbonyl (C=O) groups excluding carboxylic acids is 1. The molecule has 0 aliphatic heterocycles. The number of urea groups is 1. The molecule has 0 heterocycles. The minimum absolute atomic E-state index is 0.0631. The van der Waals surface area contributed by atoms with Gasteiger partial charge in [-0.3, -0.25) is 0 Å². The summed E-state index contributed by atoms with van der Waals surface area (Å²) in [6, 6.07) is 5.38. The van der Waals surface area contributed by atoms with Crippen molar-refractivity contribution in [3.8, 4) is 0 Å². The van der Waals surface area contributed by atoms with Gasteiger partial charge in [-0.15, -0.1) is 0 Å². The number of sulfonamides is 1.